The van der Waals surface area contributed by atoms with Crippen molar-refractivity contribution >= 4 is 30.0 Å². The monoisotopic (exact) mass is 487 g/mol. The van der Waals surface area contributed by atoms with Crippen LogP contribution in [0.2, 0.25) is 0 Å². The summed E-state index contributed by atoms with van der Waals surface area (Å²) in [6.45, 7) is 3.45. The summed E-state index contributed by atoms with van der Waals surface area (Å²) in [4.78, 5) is 31.8. The van der Waals surface area contributed by atoms with Gasteiger partial charge in [0.05, 0.1) is 11.1 Å². The number of carbonyl (C=O) groups is 2. The molecule has 2 amide bonds. The number of alkyl halides is 2. The fourth-order valence-corrected chi connectivity index (χ4v) is 4.05. The van der Waals surface area contributed by atoms with Crippen LogP contribution in [0.1, 0.15) is 55.1 Å². The van der Waals surface area contributed by atoms with Crippen molar-refractivity contribution in [1.29, 1.82) is 0 Å². The van der Waals surface area contributed by atoms with Crippen LogP contribution >= 0.6 is 0 Å². The number of halogens is 3. The second-order valence-electron chi connectivity index (χ2n) is 8.26. The van der Waals surface area contributed by atoms with Crippen molar-refractivity contribution in [2.45, 2.75) is 46.1 Å². The summed E-state index contributed by atoms with van der Waals surface area (Å²) in [5, 5.41) is 8.25. The smallest absolute Gasteiger partial charge is 0.266 e. The third-order valence-corrected chi connectivity index (χ3v) is 5.94. The molecule has 1 unspecified atom stereocenters. The first-order chi connectivity index (χ1) is 16.7. The van der Waals surface area contributed by atoms with E-state index < -0.39 is 17.8 Å². The van der Waals surface area contributed by atoms with Gasteiger partial charge in [0.25, 0.3) is 6.43 Å². The van der Waals surface area contributed by atoms with Crippen molar-refractivity contribution < 1.29 is 22.8 Å². The summed E-state index contributed by atoms with van der Waals surface area (Å²) in [5.41, 5.74) is 1.83. The molecular weight excluding hydrogens is 459 g/mol. The van der Waals surface area contributed by atoms with Crippen LogP contribution in [-0.4, -0.2) is 29.3 Å². The molecule has 0 saturated carbocycles. The van der Waals surface area contributed by atoms with Gasteiger partial charge in [0.1, 0.15) is 23.3 Å². The maximum Gasteiger partial charge on any atom is 0.266 e. The molecule has 3 N–H and O–H groups in total. The van der Waals surface area contributed by atoms with Gasteiger partial charge in [0.15, 0.2) is 0 Å². The topological polar surface area (TPSA) is 96.0 Å². The van der Waals surface area contributed by atoms with Crippen LogP contribution in [0.15, 0.2) is 35.4 Å². The first-order valence-electron chi connectivity index (χ1n) is 11.2. The Morgan fingerprint density at radius 1 is 1.26 bits per heavy atom. The van der Waals surface area contributed by atoms with E-state index in [-0.39, 0.29) is 29.8 Å². The van der Waals surface area contributed by atoms with Crippen molar-refractivity contribution in [3.63, 3.8) is 0 Å². The van der Waals surface area contributed by atoms with Gasteiger partial charge < -0.3 is 16.0 Å². The summed E-state index contributed by atoms with van der Waals surface area (Å²) in [5.74, 6) is -0.0841. The van der Waals surface area contributed by atoms with E-state index in [0.29, 0.717) is 42.9 Å². The van der Waals surface area contributed by atoms with E-state index in [2.05, 4.69) is 25.9 Å². The van der Waals surface area contributed by atoms with Gasteiger partial charge in [-0.3, -0.25) is 9.59 Å². The van der Waals surface area contributed by atoms with Crippen LogP contribution in [0.5, 0.6) is 0 Å². The summed E-state index contributed by atoms with van der Waals surface area (Å²) in [6.07, 6.45) is 3.45. The lowest BCUT2D eigenvalue weighted by Gasteiger charge is -2.21. The van der Waals surface area contributed by atoms with Crippen molar-refractivity contribution in [1.82, 2.24) is 15.3 Å². The first-order valence-corrected chi connectivity index (χ1v) is 11.2. The fraction of sp³-hybridized carbons (Fsp3) is 0.360. The lowest BCUT2D eigenvalue weighted by Crippen LogP contribution is -2.28. The Hall–Kier alpha value is -3.69. The molecule has 2 aromatic rings. The molecule has 10 heteroatoms. The highest BCUT2D eigenvalue weighted by atomic mass is 19.3. The van der Waals surface area contributed by atoms with Crippen molar-refractivity contribution in [2.75, 3.05) is 17.7 Å². The number of aryl methyl sites for hydroxylation is 1. The number of carbonyl (C=O) groups excluding carboxylic acids is 2. The lowest BCUT2D eigenvalue weighted by atomic mass is 9.86. The largest absolute Gasteiger partial charge is 0.365 e. The molecule has 7 nitrogen and oxygen atoms in total. The van der Waals surface area contributed by atoms with Gasteiger partial charge >= 0.3 is 0 Å². The van der Waals surface area contributed by atoms with Crippen LogP contribution in [0, 0.1) is 18.7 Å². The number of benzene rings is 1. The SMILES string of the molecule is CNC(=O)C1CC=C(/C(C)=C/c2c(NC=O)nc(C)nc2NCc2cccc(C(F)F)c2F)CC1. The summed E-state index contributed by atoms with van der Waals surface area (Å²) in [6, 6.07) is 3.84. The molecule has 3 rings (SSSR count). The quantitative estimate of drug-likeness (QED) is 0.437. The van der Waals surface area contributed by atoms with E-state index in [4.69, 9.17) is 0 Å². The molecule has 1 aromatic heterocycles. The van der Waals surface area contributed by atoms with Crippen LogP contribution in [0.4, 0.5) is 24.8 Å². The number of anilines is 2. The normalized spacial score (nSPS) is 16.0. The molecule has 1 atom stereocenters. The molecule has 0 fully saturated rings. The van der Waals surface area contributed by atoms with E-state index in [9.17, 15) is 22.8 Å². The predicted octanol–water partition coefficient (Wildman–Crippen LogP) is 4.92. The summed E-state index contributed by atoms with van der Waals surface area (Å²) in [7, 11) is 1.62. The number of nitrogens with one attached hydrogen (secondary N) is 3. The van der Waals surface area contributed by atoms with Crippen molar-refractivity contribution in [3.05, 3.63) is 63.8 Å². The fourth-order valence-electron chi connectivity index (χ4n) is 4.05. The van der Waals surface area contributed by atoms with Crippen molar-refractivity contribution in [3.8, 4) is 0 Å². The molecule has 0 aliphatic heterocycles. The van der Waals surface area contributed by atoms with Gasteiger partial charge in [-0.2, -0.15) is 0 Å². The maximum absolute atomic E-state index is 14.5. The lowest BCUT2D eigenvalue weighted by molar-refractivity contribution is -0.124. The third kappa shape index (κ3) is 6.26. The molecular formula is C25H28F3N5O2. The van der Waals surface area contributed by atoms with Crippen LogP contribution in [0.3, 0.4) is 0 Å². The zero-order valence-corrected chi connectivity index (χ0v) is 19.8. The van der Waals surface area contributed by atoms with E-state index in [1.807, 2.05) is 19.1 Å². The van der Waals surface area contributed by atoms with Crippen LogP contribution in [-0.2, 0) is 16.1 Å². The zero-order chi connectivity index (χ0) is 25.5. The highest BCUT2D eigenvalue weighted by Gasteiger charge is 2.22. The number of hydrogen-bond acceptors (Lipinski definition) is 5. The molecule has 0 bridgehead atoms. The number of amides is 2. The van der Waals surface area contributed by atoms with Gasteiger partial charge in [-0.1, -0.05) is 24.3 Å². The minimum Gasteiger partial charge on any atom is -0.365 e. The maximum atomic E-state index is 14.5. The van der Waals surface area contributed by atoms with Gasteiger partial charge in [-0.15, -0.1) is 0 Å². The van der Waals surface area contributed by atoms with Crippen LogP contribution < -0.4 is 16.0 Å². The number of rotatable bonds is 9. The van der Waals surface area contributed by atoms with Gasteiger partial charge in [-0.05, 0) is 50.3 Å². The summed E-state index contributed by atoms with van der Waals surface area (Å²) >= 11 is 0. The predicted molar refractivity (Wildman–Crippen MR) is 128 cm³/mol. The molecule has 1 aliphatic rings. The molecule has 1 aliphatic carbocycles. The van der Waals surface area contributed by atoms with E-state index >= 15 is 0 Å². The Morgan fingerprint density at radius 2 is 2.00 bits per heavy atom. The summed E-state index contributed by atoms with van der Waals surface area (Å²) < 4.78 is 40.7. The molecule has 0 radical (unpaired) electrons. The number of nitrogens with zero attached hydrogens (tertiary/aromatic N) is 2. The Kier molecular flexibility index (Phi) is 8.62. The van der Waals surface area contributed by atoms with Crippen molar-refractivity contribution in [2.24, 2.45) is 5.92 Å². The average molecular weight is 488 g/mol. The zero-order valence-electron chi connectivity index (χ0n) is 19.8. The second kappa shape index (κ2) is 11.6. The first kappa shape index (κ1) is 25.9. The number of hydrogen-bond donors (Lipinski definition) is 3. The van der Waals surface area contributed by atoms with Gasteiger partial charge in [0, 0.05) is 25.1 Å². The molecule has 186 valence electrons. The molecule has 35 heavy (non-hydrogen) atoms. The average Bonchev–Trinajstić information content (AvgIpc) is 2.84. The standard InChI is InChI=1S/C25H28F3N5O2/c1-14(16-7-9-17(10-8-16)25(35)29-3)11-20-23(32-15(2)33-24(20)31-13-34)30-12-18-5-4-6-19(21(18)26)22(27)28/h4-7,11,13,17,22H,8-10,12H2,1-3H3,(H,29,35)(H2,30,31,32,33,34)/b14-11+. The number of allylic oxidation sites excluding steroid dienone is 3. The highest BCUT2D eigenvalue weighted by molar-refractivity contribution is 5.82. The Balaban J connectivity index is 1.93. The van der Waals surface area contributed by atoms with E-state index in [1.54, 1.807) is 14.0 Å². The minimum atomic E-state index is -2.92. The Morgan fingerprint density at radius 3 is 2.63 bits per heavy atom. The second-order valence-corrected chi connectivity index (χ2v) is 8.26. The van der Waals surface area contributed by atoms with Gasteiger partial charge in [0.2, 0.25) is 12.3 Å². The number of aromatic nitrogens is 2. The third-order valence-electron chi connectivity index (χ3n) is 5.94. The molecule has 1 aromatic carbocycles. The van der Waals surface area contributed by atoms with Gasteiger partial charge in [-0.25, -0.2) is 23.1 Å². The Bertz CT molecular complexity index is 1160. The van der Waals surface area contributed by atoms with E-state index in [0.717, 1.165) is 17.2 Å². The molecule has 1 heterocycles. The Labute approximate surface area is 201 Å². The molecule has 0 saturated heterocycles. The highest BCUT2D eigenvalue weighted by Crippen LogP contribution is 2.32. The van der Waals surface area contributed by atoms with Crippen LogP contribution in [0.25, 0.3) is 6.08 Å². The minimum absolute atomic E-state index is 0.0148. The molecule has 0 spiro atoms. The van der Waals surface area contributed by atoms with E-state index in [1.165, 1.54) is 12.1 Å².